The van der Waals surface area contributed by atoms with Gasteiger partial charge >= 0.3 is 0 Å². The van der Waals surface area contributed by atoms with Crippen LogP contribution in [-0.2, 0) is 24.2 Å². The number of hydrogen-bond donors (Lipinski definition) is 3. The molecule has 0 aromatic rings. The van der Waals surface area contributed by atoms with Crippen molar-refractivity contribution < 1.29 is 36.3 Å². The molecule has 2 unspecified atom stereocenters. The molecule has 0 bridgehead atoms. The fraction of sp³-hybridized carbons (Fsp3) is 0.957. The van der Waals surface area contributed by atoms with Crippen LogP contribution < -0.4 is 10.6 Å². The standard InChI is InChI=1S/C45H91N3O3.CH4O4S/c1-41(2)32-27-23-19-15-11-7-9-13-17-21-25-29-34-44(50)46-36-31-38-48(6,40-43(5)49)39-37-47-45(51)35-30-26-22-18-14-10-8-12-16-20-24-28-33-42(3)4;1-5-6(2,3)4/h41-43,49H,7-40H2,1-6H3,(H-,46,47,50,51);1H3,(H,2,3,4). The van der Waals surface area contributed by atoms with Gasteiger partial charge in [-0.25, -0.2) is 8.42 Å². The SMILES string of the molecule is CC(C)CCCCCCCCCCCCCCC(=O)NCCC[N+](C)(CCNC(=O)CCCCCCCCCCCCCCC(C)C)CC(C)O.COS(=O)(=O)[O-]. The largest absolute Gasteiger partial charge is 0.726 e. The molecule has 0 aliphatic rings. The molecule has 11 heteroatoms. The van der Waals surface area contributed by atoms with Crippen molar-refractivity contribution in [1.29, 1.82) is 0 Å². The third-order valence-electron chi connectivity index (χ3n) is 11.0. The van der Waals surface area contributed by atoms with E-state index in [1.807, 2.05) is 6.92 Å². The van der Waals surface area contributed by atoms with E-state index >= 15 is 0 Å². The first-order chi connectivity index (χ1) is 27.1. The molecule has 0 spiro atoms. The Kier molecular flexibility index (Phi) is 40.7. The summed E-state index contributed by atoms with van der Waals surface area (Å²) in [6.45, 7) is 14.7. The fourth-order valence-corrected chi connectivity index (χ4v) is 7.47. The summed E-state index contributed by atoms with van der Waals surface area (Å²) in [5.41, 5.74) is 0. The van der Waals surface area contributed by atoms with Crippen molar-refractivity contribution in [1.82, 2.24) is 10.6 Å². The minimum absolute atomic E-state index is 0.150. The van der Waals surface area contributed by atoms with Crippen molar-refractivity contribution in [2.24, 2.45) is 11.8 Å². The van der Waals surface area contributed by atoms with E-state index < -0.39 is 16.5 Å². The molecule has 10 nitrogen and oxygen atoms in total. The molecular weight excluding hydrogens is 739 g/mol. The molecule has 0 saturated carbocycles. The van der Waals surface area contributed by atoms with Gasteiger partial charge in [-0.15, -0.1) is 0 Å². The fourth-order valence-electron chi connectivity index (χ4n) is 7.47. The summed E-state index contributed by atoms with van der Waals surface area (Å²) in [6.07, 6.45) is 36.0. The quantitative estimate of drug-likeness (QED) is 0.0241. The van der Waals surface area contributed by atoms with Crippen molar-refractivity contribution in [2.45, 2.75) is 227 Å². The number of hydrogen-bond acceptors (Lipinski definition) is 7. The maximum atomic E-state index is 12.5. The Bertz CT molecular complexity index is 1010. The zero-order chi connectivity index (χ0) is 43.0. The number of aliphatic hydroxyl groups is 1. The number of quaternary nitrogens is 1. The van der Waals surface area contributed by atoms with E-state index in [4.69, 9.17) is 0 Å². The van der Waals surface area contributed by atoms with E-state index in [0.29, 0.717) is 37.0 Å². The summed E-state index contributed by atoms with van der Waals surface area (Å²) in [4.78, 5) is 24.8. The van der Waals surface area contributed by atoms with E-state index in [1.54, 1.807) is 0 Å². The lowest BCUT2D eigenvalue weighted by Gasteiger charge is -2.36. The summed E-state index contributed by atoms with van der Waals surface area (Å²) in [6, 6.07) is 0. The summed E-state index contributed by atoms with van der Waals surface area (Å²) in [5.74, 6) is 2.02. The first kappa shape index (κ1) is 57.8. The second kappa shape index (κ2) is 40.2. The lowest BCUT2D eigenvalue weighted by Crippen LogP contribution is -2.53. The van der Waals surface area contributed by atoms with Crippen LogP contribution in [0.3, 0.4) is 0 Å². The number of amides is 2. The molecule has 0 radical (unpaired) electrons. The summed E-state index contributed by atoms with van der Waals surface area (Å²) in [5, 5.41) is 16.4. The van der Waals surface area contributed by atoms with Crippen molar-refractivity contribution >= 4 is 22.2 Å². The monoisotopic (exact) mass is 834 g/mol. The Morgan fingerprint density at radius 3 is 1.14 bits per heavy atom. The first-order valence-corrected chi connectivity index (χ1v) is 25.0. The van der Waals surface area contributed by atoms with Crippen molar-refractivity contribution in [2.75, 3.05) is 46.9 Å². The molecule has 2 amide bonds. The Morgan fingerprint density at radius 1 is 0.544 bits per heavy atom. The number of aliphatic hydroxyl groups excluding tert-OH is 1. The third-order valence-corrected chi connectivity index (χ3v) is 11.4. The average molecular weight is 834 g/mol. The highest BCUT2D eigenvalue weighted by molar-refractivity contribution is 7.80. The average Bonchev–Trinajstić information content (AvgIpc) is 3.13. The molecule has 0 aliphatic carbocycles. The minimum Gasteiger partial charge on any atom is -0.726 e. The summed E-state index contributed by atoms with van der Waals surface area (Å²) in [7, 11) is -1.45. The van der Waals surface area contributed by atoms with Crippen LogP contribution in [0.1, 0.15) is 221 Å². The molecular formula is C46H95N3O7S. The van der Waals surface area contributed by atoms with Crippen LogP contribution >= 0.6 is 0 Å². The molecule has 0 fully saturated rings. The summed E-state index contributed by atoms with van der Waals surface area (Å²) < 4.78 is 31.7. The normalized spacial score (nSPS) is 13.3. The number of likely N-dealkylation sites (N-methyl/N-ethyl adjacent to an activating group) is 1. The predicted octanol–water partition coefficient (Wildman–Crippen LogP) is 10.8. The second-order valence-electron chi connectivity index (χ2n) is 18.1. The van der Waals surface area contributed by atoms with Gasteiger partial charge in [0.1, 0.15) is 12.6 Å². The first-order valence-electron chi connectivity index (χ1n) is 23.7. The molecule has 0 rings (SSSR count). The number of carbonyl (C=O) groups is 2. The van der Waals surface area contributed by atoms with Gasteiger partial charge in [-0.2, -0.15) is 0 Å². The van der Waals surface area contributed by atoms with Gasteiger partial charge in [0.05, 0.1) is 33.8 Å². The van der Waals surface area contributed by atoms with Gasteiger partial charge in [0, 0.05) is 25.8 Å². The van der Waals surface area contributed by atoms with Crippen molar-refractivity contribution in [3.05, 3.63) is 0 Å². The minimum atomic E-state index is -4.41. The lowest BCUT2D eigenvalue weighted by atomic mass is 10.0. The smallest absolute Gasteiger partial charge is 0.220 e. The van der Waals surface area contributed by atoms with E-state index in [2.05, 4.69) is 49.6 Å². The molecule has 2 atom stereocenters. The zero-order valence-electron chi connectivity index (χ0n) is 38.5. The van der Waals surface area contributed by atoms with Crippen molar-refractivity contribution in [3.63, 3.8) is 0 Å². The van der Waals surface area contributed by atoms with Crippen LogP contribution in [0.5, 0.6) is 0 Å². The molecule has 0 aromatic heterocycles. The van der Waals surface area contributed by atoms with Gasteiger partial charge in [0.25, 0.3) is 0 Å². The highest BCUT2D eigenvalue weighted by atomic mass is 32.3. The van der Waals surface area contributed by atoms with Crippen LogP contribution in [0.25, 0.3) is 0 Å². The highest BCUT2D eigenvalue weighted by Crippen LogP contribution is 2.16. The van der Waals surface area contributed by atoms with E-state index in [9.17, 15) is 27.7 Å². The Balaban J connectivity index is 0. The Labute approximate surface area is 353 Å². The second-order valence-corrected chi connectivity index (χ2v) is 19.2. The predicted molar refractivity (Wildman–Crippen MR) is 239 cm³/mol. The number of unbranched alkanes of at least 4 members (excludes halogenated alkanes) is 22. The van der Waals surface area contributed by atoms with Crippen LogP contribution in [0.2, 0.25) is 0 Å². The van der Waals surface area contributed by atoms with Gasteiger partial charge in [-0.3, -0.25) is 13.8 Å². The maximum Gasteiger partial charge on any atom is 0.220 e. The topological polar surface area (TPSA) is 145 Å². The molecule has 342 valence electrons. The lowest BCUT2D eigenvalue weighted by molar-refractivity contribution is -0.911. The van der Waals surface area contributed by atoms with Crippen LogP contribution in [-0.4, -0.2) is 87.4 Å². The summed E-state index contributed by atoms with van der Waals surface area (Å²) >= 11 is 0. The van der Waals surface area contributed by atoms with E-state index in [-0.39, 0.29) is 11.8 Å². The van der Waals surface area contributed by atoms with E-state index in [0.717, 1.165) is 64.1 Å². The van der Waals surface area contributed by atoms with Crippen molar-refractivity contribution in [3.8, 4) is 0 Å². The molecule has 0 aromatic carbocycles. The Morgan fingerprint density at radius 2 is 0.842 bits per heavy atom. The van der Waals surface area contributed by atoms with Crippen LogP contribution in [0.4, 0.5) is 0 Å². The number of nitrogens with zero attached hydrogens (tertiary/aromatic N) is 1. The number of carbonyl (C=O) groups excluding carboxylic acids is 2. The Hall–Kier alpha value is -1.27. The maximum absolute atomic E-state index is 12.5. The molecule has 0 aliphatic heterocycles. The molecule has 0 saturated heterocycles. The number of nitrogens with one attached hydrogen (secondary N) is 2. The third kappa shape index (κ3) is 49.0. The van der Waals surface area contributed by atoms with Crippen LogP contribution in [0, 0.1) is 11.8 Å². The molecule has 0 heterocycles. The zero-order valence-corrected chi connectivity index (χ0v) is 39.3. The molecule has 57 heavy (non-hydrogen) atoms. The van der Waals surface area contributed by atoms with Gasteiger partial charge in [0.2, 0.25) is 22.2 Å². The number of rotatable bonds is 40. The molecule has 3 N–H and O–H groups in total. The van der Waals surface area contributed by atoms with Gasteiger partial charge in [0.15, 0.2) is 0 Å². The van der Waals surface area contributed by atoms with Gasteiger partial charge in [-0.05, 0) is 31.6 Å². The van der Waals surface area contributed by atoms with Gasteiger partial charge < -0.3 is 24.8 Å². The highest BCUT2D eigenvalue weighted by Gasteiger charge is 2.23. The van der Waals surface area contributed by atoms with Crippen LogP contribution in [0.15, 0.2) is 0 Å². The van der Waals surface area contributed by atoms with Gasteiger partial charge in [-0.1, -0.05) is 182 Å². The van der Waals surface area contributed by atoms with E-state index in [1.165, 1.54) is 141 Å².